The van der Waals surface area contributed by atoms with Crippen LogP contribution in [0.3, 0.4) is 0 Å². The zero-order valence-corrected chi connectivity index (χ0v) is 10.7. The van der Waals surface area contributed by atoms with E-state index < -0.39 is 0 Å². The fourth-order valence-corrected chi connectivity index (χ4v) is 1.81. The van der Waals surface area contributed by atoms with Gasteiger partial charge in [-0.1, -0.05) is 39.5 Å². The second-order valence-corrected chi connectivity index (χ2v) is 4.36. The van der Waals surface area contributed by atoms with Gasteiger partial charge < -0.3 is 4.90 Å². The minimum absolute atomic E-state index is 0.581. The lowest BCUT2D eigenvalue weighted by Gasteiger charge is -2.21. The molecular formula is C13H29N2. The van der Waals surface area contributed by atoms with Crippen LogP contribution < -0.4 is 5.73 Å². The third-order valence-corrected chi connectivity index (χ3v) is 2.81. The molecule has 0 aromatic carbocycles. The molecule has 0 aliphatic rings. The maximum Gasteiger partial charge on any atom is 0.0112 e. The summed E-state index contributed by atoms with van der Waals surface area (Å²) >= 11 is 0. The highest BCUT2D eigenvalue weighted by Crippen LogP contribution is 2.03. The number of hydrogen-bond acceptors (Lipinski definition) is 1. The number of hydrogen-bond donors (Lipinski definition) is 0. The van der Waals surface area contributed by atoms with Crippen LogP contribution in [0.25, 0.3) is 0 Å². The molecule has 0 amide bonds. The zero-order valence-electron chi connectivity index (χ0n) is 10.7. The SMILES string of the molecule is CCCCCN(CCC[NH])CCCCC. The molecule has 0 saturated carbocycles. The van der Waals surface area contributed by atoms with Crippen molar-refractivity contribution < 1.29 is 0 Å². The number of rotatable bonds is 11. The molecule has 0 aliphatic heterocycles. The molecule has 0 heterocycles. The topological polar surface area (TPSA) is 27.0 Å². The summed E-state index contributed by atoms with van der Waals surface area (Å²) < 4.78 is 0. The first kappa shape index (κ1) is 14.9. The lowest BCUT2D eigenvalue weighted by atomic mass is 10.2. The van der Waals surface area contributed by atoms with Crippen molar-refractivity contribution in [3.05, 3.63) is 0 Å². The van der Waals surface area contributed by atoms with E-state index in [4.69, 9.17) is 5.73 Å². The van der Waals surface area contributed by atoms with E-state index >= 15 is 0 Å². The Balaban J connectivity index is 3.53. The van der Waals surface area contributed by atoms with Gasteiger partial charge in [0.1, 0.15) is 0 Å². The molecule has 91 valence electrons. The summed E-state index contributed by atoms with van der Waals surface area (Å²) in [7, 11) is 0. The summed E-state index contributed by atoms with van der Waals surface area (Å²) in [5.74, 6) is 0. The predicted octanol–water partition coefficient (Wildman–Crippen LogP) is 3.34. The van der Waals surface area contributed by atoms with Crippen LogP contribution in [0.5, 0.6) is 0 Å². The summed E-state index contributed by atoms with van der Waals surface area (Å²) in [5, 5.41) is 0. The Labute approximate surface area is 96.2 Å². The van der Waals surface area contributed by atoms with Gasteiger partial charge in [-0.05, 0) is 38.9 Å². The van der Waals surface area contributed by atoms with Gasteiger partial charge >= 0.3 is 0 Å². The van der Waals surface area contributed by atoms with Gasteiger partial charge in [0.15, 0.2) is 0 Å². The smallest absolute Gasteiger partial charge is 0.0112 e. The van der Waals surface area contributed by atoms with Crippen LogP contribution in [0.2, 0.25) is 0 Å². The summed E-state index contributed by atoms with van der Waals surface area (Å²) in [6, 6.07) is 0. The molecular weight excluding hydrogens is 184 g/mol. The summed E-state index contributed by atoms with van der Waals surface area (Å²) in [6.45, 7) is 8.72. The zero-order chi connectivity index (χ0) is 11.4. The van der Waals surface area contributed by atoms with E-state index in [2.05, 4.69) is 18.7 Å². The third-order valence-electron chi connectivity index (χ3n) is 2.81. The van der Waals surface area contributed by atoms with Crippen LogP contribution in [0, 0.1) is 0 Å². The first-order valence-electron chi connectivity index (χ1n) is 6.72. The number of unbranched alkanes of at least 4 members (excludes halogenated alkanes) is 4. The molecule has 0 atom stereocenters. The Morgan fingerprint density at radius 1 is 0.733 bits per heavy atom. The molecule has 0 aromatic heterocycles. The van der Waals surface area contributed by atoms with Crippen molar-refractivity contribution in [2.45, 2.75) is 58.8 Å². The van der Waals surface area contributed by atoms with E-state index in [-0.39, 0.29) is 0 Å². The molecule has 0 bridgehead atoms. The fraction of sp³-hybridized carbons (Fsp3) is 1.00. The Bertz CT molecular complexity index is 105. The van der Waals surface area contributed by atoms with E-state index in [9.17, 15) is 0 Å². The largest absolute Gasteiger partial charge is 0.303 e. The van der Waals surface area contributed by atoms with Gasteiger partial charge in [-0.3, -0.25) is 5.73 Å². The first-order valence-corrected chi connectivity index (χ1v) is 6.72. The second-order valence-electron chi connectivity index (χ2n) is 4.36. The molecule has 2 nitrogen and oxygen atoms in total. The van der Waals surface area contributed by atoms with Crippen LogP contribution >= 0.6 is 0 Å². The van der Waals surface area contributed by atoms with Gasteiger partial charge in [0, 0.05) is 6.54 Å². The molecule has 0 fully saturated rings. The normalized spacial score (nSPS) is 11.2. The molecule has 2 heteroatoms. The van der Waals surface area contributed by atoms with E-state index in [0.717, 1.165) is 13.0 Å². The maximum atomic E-state index is 7.20. The third kappa shape index (κ3) is 10.2. The Morgan fingerprint density at radius 3 is 1.60 bits per heavy atom. The minimum Gasteiger partial charge on any atom is -0.303 e. The molecule has 15 heavy (non-hydrogen) atoms. The molecule has 0 spiro atoms. The summed E-state index contributed by atoms with van der Waals surface area (Å²) in [4.78, 5) is 2.56. The minimum atomic E-state index is 0.581. The van der Waals surface area contributed by atoms with Gasteiger partial charge in [0.25, 0.3) is 0 Å². The Morgan fingerprint density at radius 2 is 1.20 bits per heavy atom. The van der Waals surface area contributed by atoms with Crippen LogP contribution in [-0.2, 0) is 0 Å². The van der Waals surface area contributed by atoms with E-state index in [0.29, 0.717) is 6.54 Å². The molecule has 0 unspecified atom stereocenters. The average Bonchev–Trinajstić information content (AvgIpc) is 2.25. The molecule has 0 aliphatic carbocycles. The predicted molar refractivity (Wildman–Crippen MR) is 68.1 cm³/mol. The average molecular weight is 213 g/mol. The van der Waals surface area contributed by atoms with Gasteiger partial charge in [0.2, 0.25) is 0 Å². The standard InChI is InChI=1S/C13H29N2/c1-3-5-7-11-15(13-9-10-14)12-8-6-4-2/h14H,3-13H2,1-2H3. The Kier molecular flexibility index (Phi) is 11.9. The molecule has 1 N–H and O–H groups in total. The van der Waals surface area contributed by atoms with Crippen molar-refractivity contribution in [2.24, 2.45) is 0 Å². The molecule has 0 saturated heterocycles. The summed E-state index contributed by atoms with van der Waals surface area (Å²) in [6.07, 6.45) is 9.03. The van der Waals surface area contributed by atoms with Gasteiger partial charge in [-0.15, -0.1) is 0 Å². The van der Waals surface area contributed by atoms with Gasteiger partial charge in [-0.2, -0.15) is 0 Å². The lowest BCUT2D eigenvalue weighted by molar-refractivity contribution is 0.260. The maximum absolute atomic E-state index is 7.20. The van der Waals surface area contributed by atoms with E-state index in [1.165, 1.54) is 51.6 Å². The van der Waals surface area contributed by atoms with E-state index in [1.54, 1.807) is 0 Å². The van der Waals surface area contributed by atoms with Crippen LogP contribution in [-0.4, -0.2) is 31.1 Å². The molecule has 0 aromatic rings. The number of nitrogens with zero attached hydrogens (tertiary/aromatic N) is 1. The number of nitrogens with one attached hydrogen (secondary N) is 1. The first-order chi connectivity index (χ1) is 7.35. The molecule has 1 radical (unpaired) electrons. The highest BCUT2D eigenvalue weighted by Gasteiger charge is 2.03. The van der Waals surface area contributed by atoms with Crippen molar-refractivity contribution >= 4 is 0 Å². The highest BCUT2D eigenvalue weighted by atomic mass is 15.1. The monoisotopic (exact) mass is 213 g/mol. The van der Waals surface area contributed by atoms with E-state index in [1.807, 2.05) is 0 Å². The Hall–Kier alpha value is -0.0800. The highest BCUT2D eigenvalue weighted by molar-refractivity contribution is 4.58. The van der Waals surface area contributed by atoms with Crippen LogP contribution in [0.4, 0.5) is 0 Å². The van der Waals surface area contributed by atoms with Crippen molar-refractivity contribution in [3.63, 3.8) is 0 Å². The quantitative estimate of drug-likeness (QED) is 0.484. The van der Waals surface area contributed by atoms with Crippen molar-refractivity contribution in [1.29, 1.82) is 0 Å². The second kappa shape index (κ2) is 12.0. The summed E-state index contributed by atoms with van der Waals surface area (Å²) in [5.41, 5.74) is 7.20. The van der Waals surface area contributed by atoms with Crippen LogP contribution in [0.1, 0.15) is 58.8 Å². The lowest BCUT2D eigenvalue weighted by Crippen LogP contribution is -2.28. The van der Waals surface area contributed by atoms with Gasteiger partial charge in [-0.25, -0.2) is 0 Å². The van der Waals surface area contributed by atoms with Crippen molar-refractivity contribution in [3.8, 4) is 0 Å². The van der Waals surface area contributed by atoms with Gasteiger partial charge in [0.05, 0.1) is 0 Å². The van der Waals surface area contributed by atoms with Crippen LogP contribution in [0.15, 0.2) is 0 Å². The van der Waals surface area contributed by atoms with Crippen molar-refractivity contribution in [2.75, 3.05) is 26.2 Å². The molecule has 0 rings (SSSR count). The fourth-order valence-electron chi connectivity index (χ4n) is 1.81. The van der Waals surface area contributed by atoms with Crippen molar-refractivity contribution in [1.82, 2.24) is 10.6 Å².